The van der Waals surface area contributed by atoms with E-state index in [4.69, 9.17) is 16.3 Å². The van der Waals surface area contributed by atoms with Gasteiger partial charge >= 0.3 is 5.97 Å². The molecular weight excluding hydrogens is 358 g/mol. The molecule has 1 amide bonds. The third-order valence-electron chi connectivity index (χ3n) is 3.73. The Bertz CT molecular complexity index is 907. The molecule has 6 heteroatoms. The molecule has 0 fully saturated rings. The number of rotatable bonds is 5. The van der Waals surface area contributed by atoms with Crippen LogP contribution in [0.4, 0.5) is 0 Å². The Balaban J connectivity index is 1.60. The van der Waals surface area contributed by atoms with Crippen molar-refractivity contribution in [3.63, 3.8) is 0 Å². The molecule has 0 aliphatic rings. The second-order valence-corrected chi connectivity index (χ2v) is 6.95. The van der Waals surface area contributed by atoms with Crippen molar-refractivity contribution >= 4 is 44.9 Å². The van der Waals surface area contributed by atoms with Gasteiger partial charge < -0.3 is 10.1 Å². The number of ether oxygens (including phenoxy) is 1. The molecule has 0 bridgehead atoms. The summed E-state index contributed by atoms with van der Waals surface area (Å²) in [6, 6.07) is 16.9. The van der Waals surface area contributed by atoms with Gasteiger partial charge in [-0.15, -0.1) is 11.3 Å². The molecule has 3 rings (SSSR count). The molecule has 0 spiro atoms. The van der Waals surface area contributed by atoms with E-state index in [1.807, 2.05) is 61.5 Å². The zero-order valence-corrected chi connectivity index (χ0v) is 15.1. The van der Waals surface area contributed by atoms with Gasteiger partial charge in [-0.3, -0.25) is 4.79 Å². The fourth-order valence-corrected chi connectivity index (χ4v) is 3.85. The highest BCUT2D eigenvalue weighted by Crippen LogP contribution is 2.35. The maximum absolute atomic E-state index is 12.2. The van der Waals surface area contributed by atoms with E-state index in [-0.39, 0.29) is 18.6 Å². The van der Waals surface area contributed by atoms with E-state index in [1.165, 1.54) is 11.3 Å². The largest absolute Gasteiger partial charge is 0.451 e. The van der Waals surface area contributed by atoms with Crippen LogP contribution in [-0.2, 0) is 9.53 Å². The van der Waals surface area contributed by atoms with E-state index < -0.39 is 5.97 Å². The molecule has 128 valence electrons. The van der Waals surface area contributed by atoms with Crippen LogP contribution in [0.15, 0.2) is 54.6 Å². The van der Waals surface area contributed by atoms with Gasteiger partial charge in [0, 0.05) is 10.1 Å². The molecule has 25 heavy (non-hydrogen) atoms. The molecule has 3 aromatic rings. The highest BCUT2D eigenvalue weighted by molar-refractivity contribution is 7.21. The van der Waals surface area contributed by atoms with E-state index in [2.05, 4.69) is 5.32 Å². The highest BCUT2D eigenvalue weighted by Gasteiger charge is 2.19. The molecule has 0 radical (unpaired) electrons. The number of nitrogens with one attached hydrogen (secondary N) is 1. The van der Waals surface area contributed by atoms with Gasteiger partial charge in [0.05, 0.1) is 11.1 Å². The molecule has 4 nitrogen and oxygen atoms in total. The number of fused-ring (bicyclic) bond motifs is 1. The first kappa shape index (κ1) is 17.5. The summed E-state index contributed by atoms with van der Waals surface area (Å²) in [5.41, 5.74) is 0.981. The second-order valence-electron chi connectivity index (χ2n) is 5.52. The van der Waals surface area contributed by atoms with Crippen LogP contribution >= 0.6 is 22.9 Å². The van der Waals surface area contributed by atoms with Crippen molar-refractivity contribution in [2.24, 2.45) is 0 Å². The summed E-state index contributed by atoms with van der Waals surface area (Å²) in [5.74, 6) is -0.948. The zero-order chi connectivity index (χ0) is 17.8. The van der Waals surface area contributed by atoms with Crippen molar-refractivity contribution in [3.05, 3.63) is 70.1 Å². The topological polar surface area (TPSA) is 55.4 Å². The lowest BCUT2D eigenvalue weighted by atomic mass is 10.1. The number of amides is 1. The van der Waals surface area contributed by atoms with Crippen molar-refractivity contribution in [1.29, 1.82) is 0 Å². The van der Waals surface area contributed by atoms with Gasteiger partial charge in [0.25, 0.3) is 5.91 Å². The molecule has 0 aliphatic heterocycles. The van der Waals surface area contributed by atoms with Crippen LogP contribution in [0.1, 0.15) is 28.2 Å². The summed E-state index contributed by atoms with van der Waals surface area (Å²) in [5, 5.41) is 3.97. The first-order valence-corrected chi connectivity index (χ1v) is 8.94. The highest BCUT2D eigenvalue weighted by atomic mass is 35.5. The Labute approximate surface area is 154 Å². The van der Waals surface area contributed by atoms with Gasteiger partial charge in [0.15, 0.2) is 6.61 Å². The normalized spacial score (nSPS) is 11.9. The van der Waals surface area contributed by atoms with Crippen LogP contribution in [0.25, 0.3) is 10.1 Å². The summed E-state index contributed by atoms with van der Waals surface area (Å²) >= 11 is 7.50. The Kier molecular flexibility index (Phi) is 5.36. The minimum absolute atomic E-state index is 0.166. The maximum Gasteiger partial charge on any atom is 0.350 e. The van der Waals surface area contributed by atoms with Gasteiger partial charge in [-0.25, -0.2) is 4.79 Å². The van der Waals surface area contributed by atoms with Crippen molar-refractivity contribution in [1.82, 2.24) is 5.32 Å². The average molecular weight is 374 g/mol. The van der Waals surface area contributed by atoms with Gasteiger partial charge in [-0.1, -0.05) is 60.1 Å². The first-order chi connectivity index (χ1) is 12.1. The number of hydrogen-bond acceptors (Lipinski definition) is 4. The summed E-state index contributed by atoms with van der Waals surface area (Å²) < 4.78 is 6.02. The minimum Gasteiger partial charge on any atom is -0.451 e. The lowest BCUT2D eigenvalue weighted by Gasteiger charge is -2.14. The number of thiophene rings is 1. The van der Waals surface area contributed by atoms with Crippen LogP contribution in [0.2, 0.25) is 5.02 Å². The maximum atomic E-state index is 12.2. The second kappa shape index (κ2) is 7.68. The van der Waals surface area contributed by atoms with Crippen molar-refractivity contribution in [2.45, 2.75) is 13.0 Å². The van der Waals surface area contributed by atoms with Crippen molar-refractivity contribution in [3.8, 4) is 0 Å². The van der Waals surface area contributed by atoms with Crippen LogP contribution < -0.4 is 5.32 Å². The molecule has 0 saturated heterocycles. The van der Waals surface area contributed by atoms with E-state index >= 15 is 0 Å². The summed E-state index contributed by atoms with van der Waals surface area (Å²) in [4.78, 5) is 24.5. The summed E-state index contributed by atoms with van der Waals surface area (Å²) in [7, 11) is 0. The molecule has 0 saturated carbocycles. The molecule has 1 N–H and O–H groups in total. The van der Waals surface area contributed by atoms with E-state index in [0.29, 0.717) is 9.90 Å². The Morgan fingerprint density at radius 2 is 1.80 bits per heavy atom. The smallest absolute Gasteiger partial charge is 0.350 e. The van der Waals surface area contributed by atoms with Gasteiger partial charge in [0.2, 0.25) is 0 Å². The van der Waals surface area contributed by atoms with Gasteiger partial charge in [0.1, 0.15) is 4.88 Å². The Morgan fingerprint density at radius 1 is 1.12 bits per heavy atom. The number of halogens is 1. The monoisotopic (exact) mass is 373 g/mol. The van der Waals surface area contributed by atoms with Gasteiger partial charge in [-0.2, -0.15) is 0 Å². The number of carbonyl (C=O) groups is 2. The summed E-state index contributed by atoms with van der Waals surface area (Å²) in [6.07, 6.45) is 0. The predicted octanol–water partition coefficient (Wildman–Crippen LogP) is 4.59. The molecular formula is C19H16ClNO3S. The molecule has 1 unspecified atom stereocenters. The predicted molar refractivity (Wildman–Crippen MR) is 100 cm³/mol. The van der Waals surface area contributed by atoms with Crippen LogP contribution in [0.5, 0.6) is 0 Å². The lowest BCUT2D eigenvalue weighted by Crippen LogP contribution is -2.31. The fraction of sp³-hybridized carbons (Fsp3) is 0.158. The SMILES string of the molecule is CC(NC(=O)COC(=O)c1sc2ccccc2c1Cl)c1ccccc1. The minimum atomic E-state index is -0.589. The van der Waals surface area contributed by atoms with Crippen molar-refractivity contribution < 1.29 is 14.3 Å². The standard InChI is InChI=1S/C19H16ClNO3S/c1-12(13-7-3-2-4-8-13)21-16(22)11-24-19(23)18-17(20)14-9-5-6-10-15(14)25-18/h2-10,12H,11H2,1H3,(H,21,22). The fourth-order valence-electron chi connectivity index (χ4n) is 2.45. The molecule has 0 aliphatic carbocycles. The quantitative estimate of drug-likeness (QED) is 0.665. The van der Waals surface area contributed by atoms with Crippen LogP contribution in [-0.4, -0.2) is 18.5 Å². The van der Waals surface area contributed by atoms with Crippen molar-refractivity contribution in [2.75, 3.05) is 6.61 Å². The number of esters is 1. The molecule has 2 aromatic carbocycles. The third kappa shape index (κ3) is 4.00. The van der Waals surface area contributed by atoms with E-state index in [1.54, 1.807) is 0 Å². The Morgan fingerprint density at radius 3 is 2.52 bits per heavy atom. The molecule has 1 aromatic heterocycles. The van der Waals surface area contributed by atoms with Gasteiger partial charge in [-0.05, 0) is 18.6 Å². The molecule has 1 atom stereocenters. The van der Waals surface area contributed by atoms with E-state index in [9.17, 15) is 9.59 Å². The lowest BCUT2D eigenvalue weighted by molar-refractivity contribution is -0.124. The number of carbonyl (C=O) groups excluding carboxylic acids is 2. The zero-order valence-electron chi connectivity index (χ0n) is 13.5. The van der Waals surface area contributed by atoms with Crippen LogP contribution in [0, 0.1) is 0 Å². The average Bonchev–Trinajstić information content (AvgIpc) is 2.97. The number of hydrogen-bond donors (Lipinski definition) is 1. The van der Waals surface area contributed by atoms with Crippen LogP contribution in [0.3, 0.4) is 0 Å². The first-order valence-electron chi connectivity index (χ1n) is 7.74. The van der Waals surface area contributed by atoms with E-state index in [0.717, 1.165) is 15.6 Å². The third-order valence-corrected chi connectivity index (χ3v) is 5.39. The number of benzene rings is 2. The molecule has 1 heterocycles. The Hall–Kier alpha value is -2.37. The summed E-state index contributed by atoms with van der Waals surface area (Å²) in [6.45, 7) is 1.53.